The number of carboxylic acids is 1. The van der Waals surface area contributed by atoms with Gasteiger partial charge < -0.3 is 14.6 Å². The van der Waals surface area contributed by atoms with Gasteiger partial charge in [0, 0.05) is 5.92 Å². The molecule has 1 aromatic carbocycles. The number of ether oxygens (including phenoxy) is 2. The van der Waals surface area contributed by atoms with Crippen molar-refractivity contribution in [2.75, 3.05) is 13.2 Å². The highest BCUT2D eigenvalue weighted by Crippen LogP contribution is 2.55. The van der Waals surface area contributed by atoms with Crippen LogP contribution in [0.2, 0.25) is 0 Å². The van der Waals surface area contributed by atoms with Crippen molar-refractivity contribution in [1.29, 1.82) is 0 Å². The normalized spacial score (nSPS) is 33.1. The molecule has 0 amide bonds. The van der Waals surface area contributed by atoms with Gasteiger partial charge in [-0.3, -0.25) is 9.59 Å². The van der Waals surface area contributed by atoms with Gasteiger partial charge in [0.2, 0.25) is 0 Å². The molecule has 2 fully saturated rings. The lowest BCUT2D eigenvalue weighted by Crippen LogP contribution is -2.52. The quantitative estimate of drug-likeness (QED) is 0.845. The molecule has 1 saturated heterocycles. The van der Waals surface area contributed by atoms with Crippen LogP contribution in [0.3, 0.4) is 0 Å². The van der Waals surface area contributed by atoms with Crippen molar-refractivity contribution in [2.45, 2.75) is 32.8 Å². The average molecular weight is 318 g/mol. The molecule has 0 bridgehead atoms. The first kappa shape index (κ1) is 16.0. The van der Waals surface area contributed by atoms with Gasteiger partial charge >= 0.3 is 11.9 Å². The van der Waals surface area contributed by atoms with Crippen LogP contribution in [0.15, 0.2) is 30.3 Å². The second-order valence-electron chi connectivity index (χ2n) is 6.86. The highest BCUT2D eigenvalue weighted by atomic mass is 16.5. The summed E-state index contributed by atoms with van der Waals surface area (Å²) in [7, 11) is 0. The standard InChI is InChI=1S/C18H22O5/c1-17-8-5-9-18(15(19)20,14(17)11-23-16(17)21)12-22-10-13-6-3-2-4-7-13/h2-4,6-7,14H,5,8-12H2,1H3,(H,19,20)/t14-,17-,18+/m0/s1. The Labute approximate surface area is 135 Å². The van der Waals surface area contributed by atoms with Gasteiger partial charge in [0.25, 0.3) is 0 Å². The fraction of sp³-hybridized carbons (Fsp3) is 0.556. The van der Waals surface area contributed by atoms with Crippen molar-refractivity contribution in [2.24, 2.45) is 16.7 Å². The number of rotatable bonds is 5. The van der Waals surface area contributed by atoms with Gasteiger partial charge in [0.15, 0.2) is 0 Å². The van der Waals surface area contributed by atoms with E-state index in [-0.39, 0.29) is 25.1 Å². The minimum atomic E-state index is -1.05. The van der Waals surface area contributed by atoms with Gasteiger partial charge in [0.05, 0.1) is 30.7 Å². The summed E-state index contributed by atoms with van der Waals surface area (Å²) in [5.74, 6) is -1.49. The fourth-order valence-corrected chi connectivity index (χ4v) is 4.06. The molecule has 1 aromatic rings. The number of fused-ring (bicyclic) bond motifs is 1. The lowest BCUT2D eigenvalue weighted by molar-refractivity contribution is -0.168. The number of carboxylic acid groups (broad SMARTS) is 1. The Balaban J connectivity index is 1.77. The molecule has 1 saturated carbocycles. The van der Waals surface area contributed by atoms with E-state index in [1.54, 1.807) is 0 Å². The first-order chi connectivity index (χ1) is 11.0. The number of carbonyl (C=O) groups is 2. The van der Waals surface area contributed by atoms with Gasteiger partial charge in [-0.1, -0.05) is 36.8 Å². The lowest BCUT2D eigenvalue weighted by atomic mass is 9.56. The number of carbonyl (C=O) groups excluding carboxylic acids is 1. The number of cyclic esters (lactones) is 1. The molecule has 1 aliphatic carbocycles. The Hall–Kier alpha value is -1.88. The maximum absolute atomic E-state index is 12.1. The summed E-state index contributed by atoms with van der Waals surface area (Å²) in [5, 5.41) is 9.89. The average Bonchev–Trinajstić information content (AvgIpc) is 2.84. The van der Waals surface area contributed by atoms with Gasteiger partial charge in [-0.2, -0.15) is 0 Å². The second-order valence-corrected chi connectivity index (χ2v) is 6.86. The predicted octanol–water partition coefficient (Wildman–Crippen LogP) is 2.64. The maximum atomic E-state index is 12.1. The molecule has 5 heteroatoms. The van der Waals surface area contributed by atoms with Crippen LogP contribution in [0.4, 0.5) is 0 Å². The highest BCUT2D eigenvalue weighted by molar-refractivity contribution is 5.83. The zero-order chi connectivity index (χ0) is 16.5. The minimum Gasteiger partial charge on any atom is -0.481 e. The molecular formula is C18H22O5. The first-order valence-corrected chi connectivity index (χ1v) is 8.01. The molecule has 3 atom stereocenters. The Kier molecular flexibility index (Phi) is 4.15. The second kappa shape index (κ2) is 5.96. The molecule has 5 nitrogen and oxygen atoms in total. The molecule has 1 aliphatic heterocycles. The van der Waals surface area contributed by atoms with E-state index in [9.17, 15) is 14.7 Å². The Bertz CT molecular complexity index is 599. The molecule has 0 spiro atoms. The largest absolute Gasteiger partial charge is 0.481 e. The van der Waals surface area contributed by atoms with Crippen LogP contribution < -0.4 is 0 Å². The van der Waals surface area contributed by atoms with Crippen molar-refractivity contribution < 1.29 is 24.2 Å². The van der Waals surface area contributed by atoms with E-state index in [4.69, 9.17) is 9.47 Å². The van der Waals surface area contributed by atoms with E-state index in [1.165, 1.54) is 0 Å². The third kappa shape index (κ3) is 2.63. The molecule has 2 aliphatic rings. The number of hydrogen-bond donors (Lipinski definition) is 1. The van der Waals surface area contributed by atoms with Crippen LogP contribution in [0.5, 0.6) is 0 Å². The zero-order valence-electron chi connectivity index (χ0n) is 13.3. The van der Waals surface area contributed by atoms with Crippen LogP contribution >= 0.6 is 0 Å². The third-order valence-electron chi connectivity index (χ3n) is 5.50. The first-order valence-electron chi connectivity index (χ1n) is 8.01. The smallest absolute Gasteiger partial charge is 0.312 e. The molecule has 0 unspecified atom stereocenters. The van der Waals surface area contributed by atoms with Crippen LogP contribution in [0.1, 0.15) is 31.7 Å². The van der Waals surface area contributed by atoms with Crippen molar-refractivity contribution in [3.63, 3.8) is 0 Å². The molecule has 0 aromatic heterocycles. The highest BCUT2D eigenvalue weighted by Gasteiger charge is 2.63. The van der Waals surface area contributed by atoms with E-state index in [0.717, 1.165) is 5.56 Å². The van der Waals surface area contributed by atoms with Crippen molar-refractivity contribution in [3.05, 3.63) is 35.9 Å². The molecule has 0 radical (unpaired) electrons. The summed E-state index contributed by atoms with van der Waals surface area (Å²) in [6, 6.07) is 9.66. The van der Waals surface area contributed by atoms with Gasteiger partial charge in [0.1, 0.15) is 0 Å². The molecule has 23 heavy (non-hydrogen) atoms. The van der Waals surface area contributed by atoms with Gasteiger partial charge in [-0.25, -0.2) is 0 Å². The summed E-state index contributed by atoms with van der Waals surface area (Å²) in [5.41, 5.74) is -0.744. The summed E-state index contributed by atoms with van der Waals surface area (Å²) in [6.07, 6.45) is 1.90. The third-order valence-corrected chi connectivity index (χ3v) is 5.50. The van der Waals surface area contributed by atoms with Crippen molar-refractivity contribution in [3.8, 4) is 0 Å². The van der Waals surface area contributed by atoms with E-state index in [0.29, 0.717) is 25.9 Å². The topological polar surface area (TPSA) is 72.8 Å². The number of hydrogen-bond acceptors (Lipinski definition) is 4. The lowest BCUT2D eigenvalue weighted by Gasteiger charge is -2.44. The van der Waals surface area contributed by atoms with Crippen molar-refractivity contribution >= 4 is 11.9 Å². The van der Waals surface area contributed by atoms with Crippen LogP contribution in [0, 0.1) is 16.7 Å². The minimum absolute atomic E-state index is 0.105. The Morgan fingerprint density at radius 2 is 2.09 bits per heavy atom. The van der Waals surface area contributed by atoms with E-state index < -0.39 is 16.8 Å². The summed E-state index contributed by atoms with van der Waals surface area (Å²) in [6.45, 7) is 2.49. The molecule has 3 rings (SSSR count). The SMILES string of the molecule is C[C@]12CCC[C@](COCc3ccccc3)(C(=O)O)[C@H]1COC2=O. The van der Waals surface area contributed by atoms with Crippen molar-refractivity contribution in [1.82, 2.24) is 0 Å². The number of aliphatic carboxylic acids is 1. The van der Waals surface area contributed by atoms with Gasteiger partial charge in [-0.05, 0) is 25.3 Å². The molecule has 124 valence electrons. The maximum Gasteiger partial charge on any atom is 0.312 e. The van der Waals surface area contributed by atoms with Crippen LogP contribution in [-0.4, -0.2) is 30.3 Å². The molecule has 1 heterocycles. The van der Waals surface area contributed by atoms with Crippen LogP contribution in [-0.2, 0) is 25.7 Å². The summed E-state index contributed by atoms with van der Waals surface area (Å²) >= 11 is 0. The van der Waals surface area contributed by atoms with E-state index >= 15 is 0 Å². The fourth-order valence-electron chi connectivity index (χ4n) is 4.06. The molecule has 1 N–H and O–H groups in total. The predicted molar refractivity (Wildman–Crippen MR) is 82.6 cm³/mol. The van der Waals surface area contributed by atoms with Gasteiger partial charge in [-0.15, -0.1) is 0 Å². The summed E-state index contributed by atoms with van der Waals surface area (Å²) < 4.78 is 11.0. The molecular weight excluding hydrogens is 296 g/mol. The Morgan fingerprint density at radius 1 is 1.35 bits per heavy atom. The van der Waals surface area contributed by atoms with E-state index in [2.05, 4.69) is 0 Å². The Morgan fingerprint density at radius 3 is 2.78 bits per heavy atom. The van der Waals surface area contributed by atoms with E-state index in [1.807, 2.05) is 37.3 Å². The number of benzene rings is 1. The van der Waals surface area contributed by atoms with Crippen LogP contribution in [0.25, 0.3) is 0 Å². The zero-order valence-corrected chi connectivity index (χ0v) is 13.3. The monoisotopic (exact) mass is 318 g/mol. The number of esters is 1. The summed E-state index contributed by atoms with van der Waals surface area (Å²) in [4.78, 5) is 24.1.